The summed E-state index contributed by atoms with van der Waals surface area (Å²) in [5, 5.41) is 11.3. The van der Waals surface area contributed by atoms with Crippen molar-refractivity contribution < 1.29 is 4.42 Å². The van der Waals surface area contributed by atoms with Gasteiger partial charge in [0, 0.05) is 44.3 Å². The lowest BCUT2D eigenvalue weighted by Gasteiger charge is -2.16. The molecule has 10 aromatic carbocycles. The van der Waals surface area contributed by atoms with Crippen LogP contribution in [0.5, 0.6) is 0 Å². The maximum atomic E-state index is 6.66. The van der Waals surface area contributed by atoms with Gasteiger partial charge < -0.3 is 8.98 Å². The Hall–Kier alpha value is -8.41. The van der Waals surface area contributed by atoms with Gasteiger partial charge in [-0.05, 0) is 79.8 Å². The van der Waals surface area contributed by atoms with Gasteiger partial charge in [-0.25, -0.2) is 15.0 Å². The van der Waals surface area contributed by atoms with Crippen molar-refractivity contribution in [3.8, 4) is 51.0 Å². The molecule has 0 atom stereocenters. The third-order valence-electron chi connectivity index (χ3n) is 12.4. The number of hydrogen-bond donors (Lipinski definition) is 0. The number of aromatic nitrogens is 4. The molecule has 0 fully saturated rings. The molecule has 3 heterocycles. The van der Waals surface area contributed by atoms with Gasteiger partial charge in [0.25, 0.3) is 0 Å². The molecule has 0 aliphatic rings. The third kappa shape index (κ3) is 5.45. The Balaban J connectivity index is 1.14. The second-order valence-corrected chi connectivity index (χ2v) is 16.0. The van der Waals surface area contributed by atoms with Crippen LogP contribution in [0.2, 0.25) is 0 Å². The topological polar surface area (TPSA) is 56.7 Å². The van der Waals surface area contributed by atoms with Gasteiger partial charge in [-0.1, -0.05) is 164 Å². The zero-order chi connectivity index (χ0) is 40.7. The number of para-hydroxylation sites is 1. The minimum atomic E-state index is 0.573. The minimum Gasteiger partial charge on any atom is -0.456 e. The highest BCUT2D eigenvalue weighted by molar-refractivity contribution is 6.17. The molecule has 13 aromatic rings. The standard InChI is InChI=1S/C57H34N4O/c1-2-13-35(14-3-1)36-25-27-38(28-26-36)55-58-56(45-23-12-20-37-15-8-9-21-43(37)45)60-57(59-55)49-33-48-44-22-10-11-24-53(44)62-54(48)34-52(49)61-50-31-41-18-6-4-16-39(41)29-46(50)47-30-40-17-5-7-19-42(40)32-51(47)61/h1-34H. The van der Waals surface area contributed by atoms with Crippen molar-refractivity contribution in [2.24, 2.45) is 0 Å². The Morgan fingerprint density at radius 2 is 0.823 bits per heavy atom. The van der Waals surface area contributed by atoms with E-state index < -0.39 is 0 Å². The van der Waals surface area contributed by atoms with Gasteiger partial charge in [-0.15, -0.1) is 0 Å². The zero-order valence-corrected chi connectivity index (χ0v) is 33.3. The molecule has 0 unspecified atom stereocenters. The molecule has 5 nitrogen and oxygen atoms in total. The van der Waals surface area contributed by atoms with Crippen LogP contribution in [0, 0.1) is 0 Å². The SMILES string of the molecule is c1ccc(-c2ccc(-c3nc(-c4cc5c(cc4-n4c6cc7ccccc7cc6c6cc7ccccc7cc64)oc4ccccc45)nc(-c4cccc5ccccc45)n3)cc2)cc1. The van der Waals surface area contributed by atoms with Gasteiger partial charge in [0.05, 0.1) is 16.7 Å². The third-order valence-corrected chi connectivity index (χ3v) is 12.4. The smallest absolute Gasteiger partial charge is 0.166 e. The second-order valence-electron chi connectivity index (χ2n) is 16.0. The van der Waals surface area contributed by atoms with Crippen LogP contribution in [0.15, 0.2) is 211 Å². The fourth-order valence-corrected chi connectivity index (χ4v) is 9.38. The Morgan fingerprint density at radius 1 is 0.306 bits per heavy atom. The lowest BCUT2D eigenvalue weighted by Crippen LogP contribution is -2.04. The van der Waals surface area contributed by atoms with Crippen molar-refractivity contribution in [2.45, 2.75) is 0 Å². The van der Waals surface area contributed by atoms with Crippen molar-refractivity contribution in [3.63, 3.8) is 0 Å². The van der Waals surface area contributed by atoms with Crippen LogP contribution in [-0.4, -0.2) is 19.5 Å². The van der Waals surface area contributed by atoms with Gasteiger partial charge in [0.1, 0.15) is 11.2 Å². The molecule has 5 heteroatoms. The Kier molecular flexibility index (Phi) is 7.54. The summed E-state index contributed by atoms with van der Waals surface area (Å²) < 4.78 is 9.05. The predicted molar refractivity (Wildman–Crippen MR) is 256 cm³/mol. The van der Waals surface area contributed by atoms with Crippen molar-refractivity contribution in [3.05, 3.63) is 206 Å². The summed E-state index contributed by atoms with van der Waals surface area (Å²) in [7, 11) is 0. The molecule has 0 radical (unpaired) electrons. The van der Waals surface area contributed by atoms with Gasteiger partial charge >= 0.3 is 0 Å². The summed E-state index contributed by atoms with van der Waals surface area (Å²) >= 11 is 0. The normalized spacial score (nSPS) is 11.9. The van der Waals surface area contributed by atoms with Gasteiger partial charge in [-0.3, -0.25) is 0 Å². The monoisotopic (exact) mass is 790 g/mol. The van der Waals surface area contributed by atoms with E-state index in [4.69, 9.17) is 19.4 Å². The van der Waals surface area contributed by atoms with Crippen LogP contribution >= 0.6 is 0 Å². The second kappa shape index (κ2) is 13.6. The summed E-state index contributed by atoms with van der Waals surface area (Å²) in [6.45, 7) is 0. The maximum absolute atomic E-state index is 6.66. The molecule has 0 spiro atoms. The molecular weight excluding hydrogens is 757 g/mol. The number of furan rings is 1. The molecule has 288 valence electrons. The molecule has 0 saturated heterocycles. The quantitative estimate of drug-likeness (QED) is 0.174. The summed E-state index contributed by atoms with van der Waals surface area (Å²) in [6.07, 6.45) is 0. The van der Waals surface area contributed by atoms with Crippen LogP contribution < -0.4 is 0 Å². The average molecular weight is 791 g/mol. The average Bonchev–Trinajstić information content (AvgIpc) is 3.85. The molecule has 0 N–H and O–H groups in total. The van der Waals surface area contributed by atoms with Crippen LogP contribution in [0.3, 0.4) is 0 Å². The van der Waals surface area contributed by atoms with E-state index in [1.54, 1.807) is 0 Å². The summed E-state index contributed by atoms with van der Waals surface area (Å²) in [6, 6.07) is 72.8. The lowest BCUT2D eigenvalue weighted by molar-refractivity contribution is 0.668. The maximum Gasteiger partial charge on any atom is 0.166 e. The molecule has 0 amide bonds. The molecule has 0 aliphatic heterocycles. The fourth-order valence-electron chi connectivity index (χ4n) is 9.38. The number of hydrogen-bond acceptors (Lipinski definition) is 4. The largest absolute Gasteiger partial charge is 0.456 e. The molecular formula is C57H34N4O. The van der Waals surface area contributed by atoms with Crippen LogP contribution in [0.4, 0.5) is 0 Å². The summed E-state index contributed by atoms with van der Waals surface area (Å²) in [5.41, 5.74) is 9.72. The molecule has 13 rings (SSSR count). The zero-order valence-electron chi connectivity index (χ0n) is 33.3. The van der Waals surface area contributed by atoms with E-state index in [0.29, 0.717) is 17.5 Å². The van der Waals surface area contributed by atoms with Crippen LogP contribution in [0.25, 0.3) is 127 Å². The van der Waals surface area contributed by atoms with E-state index >= 15 is 0 Å². The van der Waals surface area contributed by atoms with E-state index in [1.165, 1.54) is 32.3 Å². The van der Waals surface area contributed by atoms with Crippen molar-refractivity contribution >= 4 is 76.1 Å². The van der Waals surface area contributed by atoms with E-state index in [9.17, 15) is 0 Å². The number of nitrogens with zero attached hydrogens (tertiary/aromatic N) is 4. The first kappa shape index (κ1) is 34.5. The van der Waals surface area contributed by atoms with Crippen LogP contribution in [0.1, 0.15) is 0 Å². The Morgan fingerprint density at radius 3 is 1.52 bits per heavy atom. The first-order valence-corrected chi connectivity index (χ1v) is 20.9. The first-order valence-electron chi connectivity index (χ1n) is 20.9. The lowest BCUT2D eigenvalue weighted by atomic mass is 10.0. The van der Waals surface area contributed by atoms with E-state index in [2.05, 4.69) is 193 Å². The van der Waals surface area contributed by atoms with Crippen molar-refractivity contribution in [1.29, 1.82) is 0 Å². The first-order chi connectivity index (χ1) is 30.7. The Bertz CT molecular complexity index is 3820. The number of fused-ring (bicyclic) bond motifs is 9. The molecule has 0 bridgehead atoms. The van der Waals surface area contributed by atoms with Crippen molar-refractivity contribution in [2.75, 3.05) is 0 Å². The number of benzene rings is 10. The highest BCUT2D eigenvalue weighted by Gasteiger charge is 2.23. The highest BCUT2D eigenvalue weighted by Crippen LogP contribution is 2.43. The van der Waals surface area contributed by atoms with Gasteiger partial charge in [0.2, 0.25) is 0 Å². The molecule has 0 aliphatic carbocycles. The fraction of sp³-hybridized carbons (Fsp3) is 0. The van der Waals surface area contributed by atoms with Gasteiger partial charge in [-0.2, -0.15) is 0 Å². The van der Waals surface area contributed by atoms with Crippen molar-refractivity contribution in [1.82, 2.24) is 19.5 Å². The predicted octanol–water partition coefficient (Wildman–Crippen LogP) is 15.0. The van der Waals surface area contributed by atoms with Gasteiger partial charge in [0.15, 0.2) is 17.5 Å². The highest BCUT2D eigenvalue weighted by atomic mass is 16.3. The minimum absolute atomic E-state index is 0.573. The van der Waals surface area contributed by atoms with Crippen LogP contribution in [-0.2, 0) is 0 Å². The molecule has 62 heavy (non-hydrogen) atoms. The molecule has 0 saturated carbocycles. The van der Waals surface area contributed by atoms with E-state index in [0.717, 1.165) is 77.2 Å². The number of rotatable bonds is 5. The summed E-state index contributed by atoms with van der Waals surface area (Å²) in [5.74, 6) is 1.78. The summed E-state index contributed by atoms with van der Waals surface area (Å²) in [4.78, 5) is 16.1. The van der Waals surface area contributed by atoms with E-state index in [-0.39, 0.29) is 0 Å². The van der Waals surface area contributed by atoms with E-state index in [1.807, 2.05) is 18.2 Å². The molecule has 3 aromatic heterocycles. The Labute approximate surface area is 355 Å².